The van der Waals surface area contributed by atoms with E-state index < -0.39 is 0 Å². The van der Waals surface area contributed by atoms with Gasteiger partial charge in [0.2, 0.25) is 12.3 Å². The van der Waals surface area contributed by atoms with E-state index in [4.69, 9.17) is 9.52 Å². The zero-order valence-electron chi connectivity index (χ0n) is 12.0. The molecule has 0 saturated heterocycles. The Labute approximate surface area is 123 Å². The van der Waals surface area contributed by atoms with E-state index in [2.05, 4.69) is 10.2 Å². The van der Waals surface area contributed by atoms with Gasteiger partial charge in [-0.05, 0) is 43.5 Å². The van der Waals surface area contributed by atoms with Crippen molar-refractivity contribution < 1.29 is 14.3 Å². The number of nitrogens with zero attached hydrogens (tertiary/aromatic N) is 3. The molecule has 2 aromatic rings. The van der Waals surface area contributed by atoms with Crippen molar-refractivity contribution in [3.05, 3.63) is 36.2 Å². The van der Waals surface area contributed by atoms with Gasteiger partial charge in [0.1, 0.15) is 0 Å². The summed E-state index contributed by atoms with van der Waals surface area (Å²) in [4.78, 5) is 13.9. The van der Waals surface area contributed by atoms with E-state index in [9.17, 15) is 4.79 Å². The van der Waals surface area contributed by atoms with Crippen molar-refractivity contribution in [1.29, 1.82) is 0 Å². The Balaban J connectivity index is 1.93. The summed E-state index contributed by atoms with van der Waals surface area (Å²) >= 11 is 0. The van der Waals surface area contributed by atoms with Crippen LogP contribution in [0.2, 0.25) is 0 Å². The van der Waals surface area contributed by atoms with Crippen LogP contribution in [-0.2, 0) is 0 Å². The Morgan fingerprint density at radius 2 is 2.00 bits per heavy atom. The van der Waals surface area contributed by atoms with Gasteiger partial charge in [0.25, 0.3) is 5.91 Å². The molecule has 1 N–H and O–H groups in total. The zero-order valence-corrected chi connectivity index (χ0v) is 12.0. The van der Waals surface area contributed by atoms with Crippen LogP contribution >= 0.6 is 0 Å². The molecule has 0 bridgehead atoms. The molecule has 112 valence electrons. The number of hydrogen-bond donors (Lipinski definition) is 1. The molecule has 0 aliphatic heterocycles. The van der Waals surface area contributed by atoms with Crippen molar-refractivity contribution in [2.75, 3.05) is 20.2 Å². The Hall–Kier alpha value is -2.21. The van der Waals surface area contributed by atoms with Gasteiger partial charge in [0.05, 0.1) is 0 Å². The monoisotopic (exact) mass is 289 g/mol. The summed E-state index contributed by atoms with van der Waals surface area (Å²) < 4.78 is 5.11. The van der Waals surface area contributed by atoms with Gasteiger partial charge in [-0.1, -0.05) is 0 Å². The SMILES string of the molecule is CN(CCCCCO)C(=O)c1ccc(-c2nnco2)cc1. The number of aromatic nitrogens is 2. The van der Waals surface area contributed by atoms with E-state index in [-0.39, 0.29) is 12.5 Å². The topological polar surface area (TPSA) is 79.5 Å². The highest BCUT2D eigenvalue weighted by Crippen LogP contribution is 2.17. The average molecular weight is 289 g/mol. The van der Waals surface area contributed by atoms with E-state index >= 15 is 0 Å². The number of carbonyl (C=O) groups is 1. The molecule has 0 radical (unpaired) electrons. The second kappa shape index (κ2) is 7.54. The third kappa shape index (κ3) is 4.13. The minimum Gasteiger partial charge on any atom is -0.423 e. The third-order valence-electron chi connectivity index (χ3n) is 3.24. The first kappa shape index (κ1) is 15.2. The van der Waals surface area contributed by atoms with Crippen LogP contribution in [0.15, 0.2) is 35.1 Å². The number of hydrogen-bond acceptors (Lipinski definition) is 5. The second-order valence-electron chi connectivity index (χ2n) is 4.83. The summed E-state index contributed by atoms with van der Waals surface area (Å²) in [6.07, 6.45) is 3.86. The number of carbonyl (C=O) groups excluding carboxylic acids is 1. The van der Waals surface area contributed by atoms with Gasteiger partial charge in [0, 0.05) is 31.3 Å². The van der Waals surface area contributed by atoms with Gasteiger partial charge in [-0.3, -0.25) is 4.79 Å². The third-order valence-corrected chi connectivity index (χ3v) is 3.24. The minimum absolute atomic E-state index is 0.0175. The van der Waals surface area contributed by atoms with E-state index in [0.717, 1.165) is 24.8 Å². The number of aliphatic hydroxyl groups is 1. The fourth-order valence-corrected chi connectivity index (χ4v) is 2.01. The summed E-state index contributed by atoms with van der Waals surface area (Å²) in [7, 11) is 1.78. The predicted octanol–water partition coefficient (Wildman–Crippen LogP) is 1.97. The fraction of sp³-hybridized carbons (Fsp3) is 0.400. The molecule has 1 aromatic heterocycles. The summed E-state index contributed by atoms with van der Waals surface area (Å²) in [6, 6.07) is 7.10. The van der Waals surface area contributed by atoms with Gasteiger partial charge >= 0.3 is 0 Å². The molecule has 0 atom stereocenters. The molecule has 21 heavy (non-hydrogen) atoms. The lowest BCUT2D eigenvalue weighted by Crippen LogP contribution is -2.27. The van der Waals surface area contributed by atoms with Crippen LogP contribution in [-0.4, -0.2) is 46.3 Å². The van der Waals surface area contributed by atoms with Crippen LogP contribution in [0, 0.1) is 0 Å². The molecule has 1 amide bonds. The first-order valence-electron chi connectivity index (χ1n) is 6.95. The number of unbranched alkanes of at least 4 members (excludes halogenated alkanes) is 2. The standard InChI is InChI=1S/C15H19N3O3/c1-18(9-3-2-4-10-19)15(20)13-7-5-12(6-8-13)14-17-16-11-21-14/h5-8,11,19H,2-4,9-10H2,1H3. The molecule has 0 aliphatic rings. The molecule has 1 aromatic carbocycles. The molecule has 0 unspecified atom stereocenters. The maximum atomic E-state index is 12.2. The molecule has 0 saturated carbocycles. The minimum atomic E-state index is -0.0175. The number of amides is 1. The lowest BCUT2D eigenvalue weighted by Gasteiger charge is -2.17. The highest BCUT2D eigenvalue weighted by atomic mass is 16.4. The van der Waals surface area contributed by atoms with Gasteiger partial charge in [-0.15, -0.1) is 10.2 Å². The molecular weight excluding hydrogens is 270 g/mol. The first-order chi connectivity index (χ1) is 10.2. The normalized spacial score (nSPS) is 10.6. The Morgan fingerprint density at radius 3 is 2.62 bits per heavy atom. The van der Waals surface area contributed by atoms with Crippen LogP contribution in [0.5, 0.6) is 0 Å². The van der Waals surface area contributed by atoms with E-state index in [1.165, 1.54) is 6.39 Å². The molecule has 0 aliphatic carbocycles. The Bertz CT molecular complexity index is 552. The molecule has 1 heterocycles. The Kier molecular flexibility index (Phi) is 5.45. The molecule has 0 spiro atoms. The summed E-state index contributed by atoms with van der Waals surface area (Å²) in [5, 5.41) is 16.2. The van der Waals surface area contributed by atoms with E-state index in [1.807, 2.05) is 0 Å². The van der Waals surface area contributed by atoms with Gasteiger partial charge in [-0.2, -0.15) is 0 Å². The fourth-order valence-electron chi connectivity index (χ4n) is 2.01. The van der Waals surface area contributed by atoms with Crippen molar-refractivity contribution in [3.63, 3.8) is 0 Å². The number of rotatable bonds is 7. The first-order valence-corrected chi connectivity index (χ1v) is 6.95. The van der Waals surface area contributed by atoms with Crippen molar-refractivity contribution in [1.82, 2.24) is 15.1 Å². The van der Waals surface area contributed by atoms with Crippen LogP contribution in [0.4, 0.5) is 0 Å². The van der Waals surface area contributed by atoms with Crippen molar-refractivity contribution in [2.24, 2.45) is 0 Å². The van der Waals surface area contributed by atoms with Crippen molar-refractivity contribution in [3.8, 4) is 11.5 Å². The maximum absolute atomic E-state index is 12.2. The molecular formula is C15H19N3O3. The van der Waals surface area contributed by atoms with Crippen molar-refractivity contribution in [2.45, 2.75) is 19.3 Å². The second-order valence-corrected chi connectivity index (χ2v) is 4.83. The van der Waals surface area contributed by atoms with Gasteiger partial charge in [-0.25, -0.2) is 0 Å². The Morgan fingerprint density at radius 1 is 1.24 bits per heavy atom. The largest absolute Gasteiger partial charge is 0.423 e. The smallest absolute Gasteiger partial charge is 0.253 e. The predicted molar refractivity (Wildman–Crippen MR) is 77.6 cm³/mol. The molecule has 2 rings (SSSR count). The quantitative estimate of drug-likeness (QED) is 0.788. The molecule has 6 heteroatoms. The highest BCUT2D eigenvalue weighted by molar-refractivity contribution is 5.94. The average Bonchev–Trinajstić information content (AvgIpc) is 3.05. The number of benzene rings is 1. The van der Waals surface area contributed by atoms with Gasteiger partial charge in [0.15, 0.2) is 0 Å². The molecule has 6 nitrogen and oxygen atoms in total. The van der Waals surface area contributed by atoms with Crippen LogP contribution in [0.3, 0.4) is 0 Å². The summed E-state index contributed by atoms with van der Waals surface area (Å²) in [5.41, 5.74) is 1.41. The zero-order chi connectivity index (χ0) is 15.1. The summed E-state index contributed by atoms with van der Waals surface area (Å²) in [6.45, 7) is 0.888. The lowest BCUT2D eigenvalue weighted by molar-refractivity contribution is 0.0792. The maximum Gasteiger partial charge on any atom is 0.253 e. The highest BCUT2D eigenvalue weighted by Gasteiger charge is 2.12. The van der Waals surface area contributed by atoms with Crippen LogP contribution in [0.1, 0.15) is 29.6 Å². The summed E-state index contributed by atoms with van der Waals surface area (Å²) in [5.74, 6) is 0.419. The molecule has 0 fully saturated rings. The van der Waals surface area contributed by atoms with Crippen molar-refractivity contribution >= 4 is 5.91 Å². The van der Waals surface area contributed by atoms with Crippen LogP contribution < -0.4 is 0 Å². The van der Waals surface area contributed by atoms with Gasteiger partial charge < -0.3 is 14.4 Å². The van der Waals surface area contributed by atoms with Crippen LogP contribution in [0.25, 0.3) is 11.5 Å². The van der Waals surface area contributed by atoms with E-state index in [1.54, 1.807) is 36.2 Å². The number of aliphatic hydroxyl groups excluding tert-OH is 1. The van der Waals surface area contributed by atoms with E-state index in [0.29, 0.717) is 18.0 Å². The lowest BCUT2D eigenvalue weighted by atomic mass is 10.1.